The molecule has 3 rings (SSSR count). The number of esters is 1. The summed E-state index contributed by atoms with van der Waals surface area (Å²) in [5.41, 5.74) is -1.25. The first-order valence-corrected chi connectivity index (χ1v) is 10.7. The minimum Gasteiger partial charge on any atom is -0.441 e. The molecule has 0 N–H and O–H groups in total. The van der Waals surface area contributed by atoms with E-state index in [1.54, 1.807) is 7.05 Å². The largest absolute Gasteiger partial charge is 0.441 e. The zero-order valence-corrected chi connectivity index (χ0v) is 19.2. The maximum absolute atomic E-state index is 12.8. The number of benzene rings is 1. The van der Waals surface area contributed by atoms with E-state index in [1.807, 2.05) is 20.8 Å². The average molecular weight is 478 g/mol. The van der Waals surface area contributed by atoms with E-state index in [0.29, 0.717) is 18.0 Å². The predicted octanol–water partition coefficient (Wildman–Crippen LogP) is 3.03. The Balaban J connectivity index is 1.83. The summed E-state index contributed by atoms with van der Waals surface area (Å²) in [7, 11) is 1.61. The monoisotopic (exact) mass is 478 g/mol. The van der Waals surface area contributed by atoms with E-state index in [2.05, 4.69) is 10.2 Å². The number of aromatic nitrogens is 2. The number of nitro benzene ring substituents is 2. The second-order valence-electron chi connectivity index (χ2n) is 8.50. The lowest BCUT2D eigenvalue weighted by atomic mass is 9.98. The normalized spacial score (nSPS) is 16.6. The van der Waals surface area contributed by atoms with Crippen molar-refractivity contribution in [1.82, 2.24) is 15.1 Å². The van der Waals surface area contributed by atoms with Gasteiger partial charge in [-0.2, -0.15) is 0 Å². The third-order valence-electron chi connectivity index (χ3n) is 4.79. The van der Waals surface area contributed by atoms with Crippen LogP contribution in [0.15, 0.2) is 18.2 Å². The van der Waals surface area contributed by atoms with E-state index in [9.17, 15) is 29.8 Å². The Morgan fingerprint density at radius 1 is 1.18 bits per heavy atom. The zero-order valence-electron chi connectivity index (χ0n) is 18.4. The topological polar surface area (TPSA) is 162 Å². The number of anilines is 1. The maximum atomic E-state index is 12.8. The number of ether oxygens (including phenoxy) is 1. The standard InChI is InChI=1S/C19H22N6O7S/c1-19(2,3)16-20-21-17(33-16)23-14(5-6-22(4)18(23)27)32-15(26)9-11-7-12(24(28)29)10-13(8-11)25(30)31/h7-8,10,14H,5-6,9H2,1-4H3. The smallest absolute Gasteiger partial charge is 0.329 e. The van der Waals surface area contributed by atoms with Gasteiger partial charge in [0.1, 0.15) is 5.01 Å². The van der Waals surface area contributed by atoms with Gasteiger partial charge >= 0.3 is 12.0 Å². The third-order valence-corrected chi connectivity index (χ3v) is 6.14. The molecule has 2 aromatic rings. The SMILES string of the molecule is CN1CCC(OC(=O)Cc2cc([N+](=O)[O-])cc([N+](=O)[O-])c2)N(c2nnc(C(C)(C)C)s2)C1=O. The van der Waals surface area contributed by atoms with Crippen molar-refractivity contribution in [1.29, 1.82) is 0 Å². The Morgan fingerprint density at radius 3 is 2.30 bits per heavy atom. The second kappa shape index (κ2) is 9.05. The highest BCUT2D eigenvalue weighted by atomic mass is 32.1. The van der Waals surface area contributed by atoms with Crippen molar-refractivity contribution < 1.29 is 24.2 Å². The Kier molecular flexibility index (Phi) is 6.58. The van der Waals surface area contributed by atoms with Crippen LogP contribution in [-0.2, 0) is 21.4 Å². The third kappa shape index (κ3) is 5.39. The van der Waals surface area contributed by atoms with Crippen LogP contribution in [0.25, 0.3) is 0 Å². The van der Waals surface area contributed by atoms with Crippen LogP contribution in [0, 0.1) is 20.2 Å². The molecule has 0 aliphatic carbocycles. The first-order chi connectivity index (χ1) is 15.4. The van der Waals surface area contributed by atoms with Crippen molar-refractivity contribution in [3.05, 3.63) is 49.0 Å². The molecule has 1 fully saturated rings. The summed E-state index contributed by atoms with van der Waals surface area (Å²) in [5.74, 6) is -0.794. The highest BCUT2D eigenvalue weighted by Crippen LogP contribution is 2.33. The van der Waals surface area contributed by atoms with Crippen molar-refractivity contribution in [3.8, 4) is 0 Å². The van der Waals surface area contributed by atoms with Crippen molar-refractivity contribution in [2.45, 2.75) is 45.3 Å². The fourth-order valence-electron chi connectivity index (χ4n) is 3.10. The molecule has 14 heteroatoms. The van der Waals surface area contributed by atoms with Crippen LogP contribution in [0.4, 0.5) is 21.3 Å². The summed E-state index contributed by atoms with van der Waals surface area (Å²) in [4.78, 5) is 48.8. The molecule has 1 aliphatic rings. The van der Waals surface area contributed by atoms with Crippen molar-refractivity contribution in [2.75, 3.05) is 18.5 Å². The molecule has 1 aromatic heterocycles. The van der Waals surface area contributed by atoms with Crippen LogP contribution < -0.4 is 4.90 Å². The summed E-state index contributed by atoms with van der Waals surface area (Å²) >= 11 is 1.21. The minimum absolute atomic E-state index is 0.0534. The molecule has 0 bridgehead atoms. The van der Waals surface area contributed by atoms with Gasteiger partial charge in [-0.15, -0.1) is 10.2 Å². The fraction of sp³-hybridized carbons (Fsp3) is 0.474. The molecule has 0 radical (unpaired) electrons. The van der Waals surface area contributed by atoms with E-state index in [-0.39, 0.29) is 16.1 Å². The van der Waals surface area contributed by atoms with Gasteiger partial charge in [0, 0.05) is 37.6 Å². The number of hydrogen-bond donors (Lipinski definition) is 0. The number of non-ortho nitro benzene ring substituents is 2. The Morgan fingerprint density at radius 2 is 1.79 bits per heavy atom. The molecule has 1 saturated heterocycles. The summed E-state index contributed by atoms with van der Waals surface area (Å²) in [5, 5.41) is 31.4. The zero-order chi connectivity index (χ0) is 24.5. The molecule has 176 valence electrons. The van der Waals surface area contributed by atoms with Gasteiger partial charge in [0.15, 0.2) is 6.23 Å². The first kappa shape index (κ1) is 24.0. The minimum atomic E-state index is -0.962. The number of nitro groups is 2. The van der Waals surface area contributed by atoms with Crippen LogP contribution in [0.3, 0.4) is 0 Å². The van der Waals surface area contributed by atoms with E-state index in [0.717, 1.165) is 18.2 Å². The highest BCUT2D eigenvalue weighted by molar-refractivity contribution is 7.15. The molecule has 1 atom stereocenters. The molecular weight excluding hydrogens is 456 g/mol. The van der Waals surface area contributed by atoms with Gasteiger partial charge in [-0.1, -0.05) is 32.1 Å². The van der Waals surface area contributed by atoms with Gasteiger partial charge in [-0.3, -0.25) is 25.0 Å². The Bertz CT molecular complexity index is 1080. The van der Waals surface area contributed by atoms with Crippen LogP contribution in [0.2, 0.25) is 0 Å². The van der Waals surface area contributed by atoms with E-state index < -0.39 is 45.9 Å². The number of nitrogens with zero attached hydrogens (tertiary/aromatic N) is 6. The molecule has 1 aliphatic heterocycles. The number of amides is 2. The van der Waals surface area contributed by atoms with Crippen LogP contribution >= 0.6 is 11.3 Å². The molecule has 0 spiro atoms. The lowest BCUT2D eigenvalue weighted by Crippen LogP contribution is -2.54. The summed E-state index contributed by atoms with van der Waals surface area (Å²) < 4.78 is 5.52. The maximum Gasteiger partial charge on any atom is 0.329 e. The predicted molar refractivity (Wildman–Crippen MR) is 117 cm³/mol. The van der Waals surface area contributed by atoms with Crippen molar-refractivity contribution >= 4 is 39.8 Å². The number of rotatable bonds is 6. The van der Waals surface area contributed by atoms with E-state index >= 15 is 0 Å². The van der Waals surface area contributed by atoms with Gasteiger partial charge in [0.05, 0.1) is 22.3 Å². The molecule has 33 heavy (non-hydrogen) atoms. The van der Waals surface area contributed by atoms with E-state index in [1.165, 1.54) is 21.1 Å². The van der Waals surface area contributed by atoms with Crippen LogP contribution in [-0.4, -0.2) is 56.8 Å². The number of carbonyl (C=O) groups is 2. The first-order valence-electron chi connectivity index (χ1n) is 9.87. The fourth-order valence-corrected chi connectivity index (χ4v) is 4.03. The molecule has 2 heterocycles. The number of carbonyl (C=O) groups excluding carboxylic acids is 2. The van der Waals surface area contributed by atoms with Gasteiger partial charge in [-0.05, 0) is 5.56 Å². The van der Waals surface area contributed by atoms with Crippen molar-refractivity contribution in [3.63, 3.8) is 0 Å². The van der Waals surface area contributed by atoms with Gasteiger partial charge in [-0.25, -0.2) is 9.69 Å². The van der Waals surface area contributed by atoms with E-state index in [4.69, 9.17) is 4.74 Å². The summed E-state index contributed by atoms with van der Waals surface area (Å²) in [6.07, 6.45) is -1.11. The number of urea groups is 1. The van der Waals surface area contributed by atoms with Gasteiger partial charge in [0.2, 0.25) is 5.13 Å². The van der Waals surface area contributed by atoms with Crippen molar-refractivity contribution in [2.24, 2.45) is 0 Å². The average Bonchev–Trinajstić information content (AvgIpc) is 3.20. The Hall–Kier alpha value is -3.68. The number of hydrogen-bond acceptors (Lipinski definition) is 10. The summed E-state index contributed by atoms with van der Waals surface area (Å²) in [6.45, 7) is 6.20. The second-order valence-corrected chi connectivity index (χ2v) is 9.45. The lowest BCUT2D eigenvalue weighted by Gasteiger charge is -2.37. The van der Waals surface area contributed by atoms with Gasteiger partial charge < -0.3 is 9.64 Å². The molecule has 1 unspecified atom stereocenters. The van der Waals surface area contributed by atoms with Crippen LogP contribution in [0.1, 0.15) is 37.8 Å². The van der Waals surface area contributed by atoms with Gasteiger partial charge in [0.25, 0.3) is 11.4 Å². The lowest BCUT2D eigenvalue weighted by molar-refractivity contribution is -0.394. The molecule has 13 nitrogen and oxygen atoms in total. The molecule has 1 aromatic carbocycles. The van der Waals surface area contributed by atoms with Crippen LogP contribution in [0.5, 0.6) is 0 Å². The Labute approximate surface area is 192 Å². The molecule has 0 saturated carbocycles. The molecular formula is C19H22N6O7S. The molecule has 2 amide bonds. The quantitative estimate of drug-likeness (QED) is 0.345. The highest BCUT2D eigenvalue weighted by Gasteiger charge is 2.38. The summed E-state index contributed by atoms with van der Waals surface area (Å²) in [6, 6.07) is 2.55.